The number of benzene rings is 2. The third-order valence-corrected chi connectivity index (χ3v) is 7.48. The van der Waals surface area contributed by atoms with Crippen molar-refractivity contribution in [2.45, 2.75) is 57.9 Å². The second-order valence-electron chi connectivity index (χ2n) is 9.55. The van der Waals surface area contributed by atoms with Gasteiger partial charge in [0, 0.05) is 56.9 Å². The summed E-state index contributed by atoms with van der Waals surface area (Å²) in [5.74, 6) is 0.700. The van der Waals surface area contributed by atoms with Gasteiger partial charge in [0.2, 0.25) is 0 Å². The van der Waals surface area contributed by atoms with E-state index in [1.165, 1.54) is 23.3 Å². The molecule has 190 valence electrons. The number of alkyl halides is 3. The van der Waals surface area contributed by atoms with E-state index in [2.05, 4.69) is 31.7 Å². The predicted molar refractivity (Wildman–Crippen MR) is 128 cm³/mol. The summed E-state index contributed by atoms with van der Waals surface area (Å²) in [6, 6.07) is 9.18. The van der Waals surface area contributed by atoms with Crippen LogP contribution in [0.15, 0.2) is 36.4 Å². The molecule has 2 saturated heterocycles. The molecule has 5 nitrogen and oxygen atoms in total. The number of amides is 1. The fourth-order valence-corrected chi connectivity index (χ4v) is 5.38. The third kappa shape index (κ3) is 5.19. The molecule has 1 amide bonds. The Hall–Kier alpha value is -2.58. The van der Waals surface area contributed by atoms with Gasteiger partial charge in [-0.3, -0.25) is 9.69 Å². The Morgan fingerprint density at radius 3 is 2.34 bits per heavy atom. The minimum atomic E-state index is -4.41. The molecule has 2 aromatic rings. The van der Waals surface area contributed by atoms with Crippen LogP contribution in [0.4, 0.5) is 13.2 Å². The first-order valence-corrected chi connectivity index (χ1v) is 12.1. The van der Waals surface area contributed by atoms with Crippen molar-refractivity contribution in [3.63, 3.8) is 0 Å². The minimum absolute atomic E-state index is 0.0713. The minimum Gasteiger partial charge on any atom is -0.493 e. The Bertz CT molecular complexity index is 1050. The largest absolute Gasteiger partial charge is 0.493 e. The SMILES string of the molecule is COCCCOc1ccc([C@@H](C)N2C[C@H]3C[C@@H]2CN3C(=O)c2ccc(C(F)(F)F)cc2)c(C)c1C. The highest BCUT2D eigenvalue weighted by molar-refractivity contribution is 5.94. The van der Waals surface area contributed by atoms with Crippen LogP contribution in [-0.2, 0) is 10.9 Å². The maximum Gasteiger partial charge on any atom is 0.416 e. The monoisotopic (exact) mass is 490 g/mol. The molecule has 0 unspecified atom stereocenters. The maximum absolute atomic E-state index is 13.0. The predicted octanol–water partition coefficient (Wildman–Crippen LogP) is 5.40. The van der Waals surface area contributed by atoms with Gasteiger partial charge in [0.05, 0.1) is 12.2 Å². The van der Waals surface area contributed by atoms with Crippen LogP contribution in [0.25, 0.3) is 0 Å². The summed E-state index contributed by atoms with van der Waals surface area (Å²) in [5.41, 5.74) is 3.16. The number of ether oxygens (including phenoxy) is 2. The van der Waals surface area contributed by atoms with Crippen molar-refractivity contribution in [3.05, 3.63) is 64.2 Å². The molecule has 35 heavy (non-hydrogen) atoms. The van der Waals surface area contributed by atoms with E-state index in [9.17, 15) is 18.0 Å². The molecule has 2 heterocycles. The van der Waals surface area contributed by atoms with Crippen LogP contribution < -0.4 is 4.74 Å². The Kier molecular flexibility index (Phi) is 7.43. The molecule has 2 aromatic carbocycles. The van der Waals surface area contributed by atoms with Crippen LogP contribution in [0.3, 0.4) is 0 Å². The number of methoxy groups -OCH3 is 1. The summed E-state index contributed by atoms with van der Waals surface area (Å²) < 4.78 is 49.6. The van der Waals surface area contributed by atoms with E-state index in [1.807, 2.05) is 11.0 Å². The molecule has 2 fully saturated rings. The van der Waals surface area contributed by atoms with Crippen LogP contribution >= 0.6 is 0 Å². The molecule has 0 spiro atoms. The first kappa shape index (κ1) is 25.5. The molecule has 2 bridgehead atoms. The van der Waals surface area contributed by atoms with E-state index < -0.39 is 11.7 Å². The molecule has 2 aliphatic heterocycles. The van der Waals surface area contributed by atoms with Gasteiger partial charge in [-0.05, 0) is 74.2 Å². The van der Waals surface area contributed by atoms with Crippen molar-refractivity contribution >= 4 is 5.91 Å². The maximum atomic E-state index is 13.0. The normalized spacial score (nSPS) is 20.9. The average Bonchev–Trinajstić information content (AvgIpc) is 3.44. The van der Waals surface area contributed by atoms with Gasteiger partial charge in [-0.2, -0.15) is 13.2 Å². The highest BCUT2D eigenvalue weighted by atomic mass is 19.4. The zero-order valence-corrected chi connectivity index (χ0v) is 20.7. The number of hydrogen-bond donors (Lipinski definition) is 0. The van der Waals surface area contributed by atoms with Gasteiger partial charge in [0.25, 0.3) is 5.91 Å². The molecule has 3 atom stereocenters. The molecule has 0 radical (unpaired) electrons. The summed E-state index contributed by atoms with van der Waals surface area (Å²) in [7, 11) is 1.68. The molecule has 2 aliphatic rings. The summed E-state index contributed by atoms with van der Waals surface area (Å²) in [6.07, 6.45) is -2.68. The third-order valence-electron chi connectivity index (χ3n) is 7.48. The van der Waals surface area contributed by atoms with Crippen molar-refractivity contribution in [3.8, 4) is 5.75 Å². The van der Waals surface area contributed by atoms with Crippen molar-refractivity contribution in [1.29, 1.82) is 0 Å². The van der Waals surface area contributed by atoms with Crippen LogP contribution in [0.2, 0.25) is 0 Å². The van der Waals surface area contributed by atoms with E-state index in [0.717, 1.165) is 42.8 Å². The smallest absolute Gasteiger partial charge is 0.416 e. The quantitative estimate of drug-likeness (QED) is 0.465. The molecule has 8 heteroatoms. The van der Waals surface area contributed by atoms with Crippen LogP contribution in [0.1, 0.15) is 58.4 Å². The number of fused-ring (bicyclic) bond motifs is 2. The van der Waals surface area contributed by atoms with E-state index in [0.29, 0.717) is 25.3 Å². The van der Waals surface area contributed by atoms with Gasteiger partial charge < -0.3 is 14.4 Å². The van der Waals surface area contributed by atoms with Crippen molar-refractivity contribution in [2.24, 2.45) is 0 Å². The Labute approximate surface area is 204 Å². The topological polar surface area (TPSA) is 42.0 Å². The van der Waals surface area contributed by atoms with Gasteiger partial charge in [-0.15, -0.1) is 0 Å². The number of likely N-dealkylation sites (tertiary alicyclic amines) is 2. The average molecular weight is 491 g/mol. The summed E-state index contributed by atoms with van der Waals surface area (Å²) >= 11 is 0. The van der Waals surface area contributed by atoms with Crippen LogP contribution in [0, 0.1) is 13.8 Å². The molecule has 0 aromatic heterocycles. The zero-order chi connectivity index (χ0) is 25.3. The van der Waals surface area contributed by atoms with E-state index in [1.54, 1.807) is 7.11 Å². The Morgan fingerprint density at radius 2 is 1.74 bits per heavy atom. The van der Waals surface area contributed by atoms with Crippen molar-refractivity contribution < 1.29 is 27.4 Å². The van der Waals surface area contributed by atoms with E-state index in [4.69, 9.17) is 9.47 Å². The molecule has 0 aliphatic carbocycles. The summed E-state index contributed by atoms with van der Waals surface area (Å²) in [4.78, 5) is 17.3. The number of carbonyl (C=O) groups is 1. The summed E-state index contributed by atoms with van der Waals surface area (Å²) in [5, 5.41) is 0. The molecular weight excluding hydrogens is 457 g/mol. The van der Waals surface area contributed by atoms with Crippen molar-refractivity contribution in [2.75, 3.05) is 33.4 Å². The lowest BCUT2D eigenvalue weighted by Crippen LogP contribution is -2.49. The first-order valence-electron chi connectivity index (χ1n) is 12.1. The highest BCUT2D eigenvalue weighted by Crippen LogP contribution is 2.39. The van der Waals surface area contributed by atoms with Gasteiger partial charge >= 0.3 is 6.18 Å². The van der Waals surface area contributed by atoms with Gasteiger partial charge in [0.1, 0.15) is 5.75 Å². The molecule has 0 saturated carbocycles. The summed E-state index contributed by atoms with van der Waals surface area (Å²) in [6.45, 7) is 9.03. The lowest BCUT2D eigenvalue weighted by Gasteiger charge is -2.38. The molecule has 4 rings (SSSR count). The van der Waals surface area contributed by atoms with Gasteiger partial charge in [-0.25, -0.2) is 0 Å². The Morgan fingerprint density at radius 1 is 1.03 bits per heavy atom. The van der Waals surface area contributed by atoms with Crippen molar-refractivity contribution in [1.82, 2.24) is 9.80 Å². The fraction of sp³-hybridized carbons (Fsp3) is 0.519. The van der Waals surface area contributed by atoms with Crippen LogP contribution in [0.5, 0.6) is 5.75 Å². The standard InChI is InChI=1S/C27H33F3N2O3/c1-17-18(2)25(35-13-5-12-34-4)11-10-24(17)19(3)31-15-23-14-22(31)16-32(23)26(33)20-6-8-21(9-7-20)27(28,29)30/h6-11,19,22-23H,5,12-16H2,1-4H3/t19-,22-,23-/m1/s1. The second kappa shape index (κ2) is 10.2. The Balaban J connectivity index is 1.40. The number of halogens is 3. The molecule has 0 N–H and O–H groups in total. The number of carbonyl (C=O) groups excluding carboxylic acids is 1. The number of rotatable bonds is 8. The van der Waals surface area contributed by atoms with E-state index in [-0.39, 0.29) is 24.0 Å². The fourth-order valence-electron chi connectivity index (χ4n) is 5.38. The number of hydrogen-bond acceptors (Lipinski definition) is 4. The zero-order valence-electron chi connectivity index (χ0n) is 20.7. The van der Waals surface area contributed by atoms with Gasteiger partial charge in [-0.1, -0.05) is 6.07 Å². The van der Waals surface area contributed by atoms with E-state index >= 15 is 0 Å². The first-order chi connectivity index (χ1) is 16.6. The number of piperazine rings is 1. The van der Waals surface area contributed by atoms with Crippen LogP contribution in [-0.4, -0.2) is 61.2 Å². The lowest BCUT2D eigenvalue weighted by molar-refractivity contribution is -0.137. The molecular formula is C27H33F3N2O3. The lowest BCUT2D eigenvalue weighted by atomic mass is 9.96. The van der Waals surface area contributed by atoms with Gasteiger partial charge in [0.15, 0.2) is 0 Å². The highest BCUT2D eigenvalue weighted by Gasteiger charge is 2.47. The second-order valence-corrected chi connectivity index (χ2v) is 9.55. The number of nitrogens with zero attached hydrogens (tertiary/aromatic N) is 2.